The Balaban J connectivity index is 1.80. The molecule has 0 atom stereocenters. The minimum Gasteiger partial charge on any atom is -0.370 e. The van der Waals surface area contributed by atoms with E-state index in [0.717, 1.165) is 33.0 Å². The molecule has 5 heterocycles. The molecule has 5 rings (SSSR count). The summed E-state index contributed by atoms with van der Waals surface area (Å²) in [4.78, 5) is 12.7. The minimum atomic E-state index is -0.148. The Morgan fingerprint density at radius 3 is 3.09 bits per heavy atom. The van der Waals surface area contributed by atoms with Gasteiger partial charge in [-0.05, 0) is 30.9 Å². The SMILES string of the molecule is CC1(C)Cc2c(sc3ncn4nc(-c5cccs5)nc4c23)CO1. The van der Waals surface area contributed by atoms with E-state index in [0.29, 0.717) is 6.61 Å². The van der Waals surface area contributed by atoms with Crippen molar-refractivity contribution in [2.24, 2.45) is 0 Å². The molecule has 1 aliphatic heterocycles. The van der Waals surface area contributed by atoms with Crippen LogP contribution in [-0.2, 0) is 17.8 Å². The molecule has 7 heteroatoms. The molecule has 0 bridgehead atoms. The van der Waals surface area contributed by atoms with Gasteiger partial charge in [0.2, 0.25) is 0 Å². The lowest BCUT2D eigenvalue weighted by molar-refractivity contribution is -0.0379. The summed E-state index contributed by atoms with van der Waals surface area (Å²) in [6.45, 7) is 4.92. The van der Waals surface area contributed by atoms with Crippen LogP contribution in [0.25, 0.3) is 26.6 Å². The van der Waals surface area contributed by atoms with Crippen molar-refractivity contribution in [1.82, 2.24) is 19.6 Å². The molecule has 0 fully saturated rings. The van der Waals surface area contributed by atoms with Gasteiger partial charge in [0.15, 0.2) is 11.5 Å². The van der Waals surface area contributed by atoms with E-state index in [9.17, 15) is 0 Å². The van der Waals surface area contributed by atoms with Crippen LogP contribution >= 0.6 is 22.7 Å². The van der Waals surface area contributed by atoms with Crippen LogP contribution in [0.15, 0.2) is 23.8 Å². The van der Waals surface area contributed by atoms with E-state index in [1.807, 2.05) is 17.5 Å². The third-order valence-electron chi connectivity index (χ3n) is 4.15. The molecule has 0 saturated carbocycles. The van der Waals surface area contributed by atoms with E-state index in [1.165, 1.54) is 10.4 Å². The molecule has 116 valence electrons. The lowest BCUT2D eigenvalue weighted by atomic mass is 9.94. The highest BCUT2D eigenvalue weighted by molar-refractivity contribution is 7.19. The summed E-state index contributed by atoms with van der Waals surface area (Å²) in [7, 11) is 0. The molecule has 4 aromatic heterocycles. The molecule has 0 amide bonds. The highest BCUT2D eigenvalue weighted by Gasteiger charge is 2.30. The van der Waals surface area contributed by atoms with Gasteiger partial charge in [0, 0.05) is 11.3 Å². The number of hydrogen-bond donors (Lipinski definition) is 0. The summed E-state index contributed by atoms with van der Waals surface area (Å²) in [5.41, 5.74) is 2.07. The van der Waals surface area contributed by atoms with Crippen LogP contribution in [0.4, 0.5) is 0 Å². The number of thiophene rings is 2. The zero-order chi connectivity index (χ0) is 15.6. The van der Waals surface area contributed by atoms with Gasteiger partial charge in [0.05, 0.1) is 22.5 Å². The quantitative estimate of drug-likeness (QED) is 0.526. The molecular formula is C16H14N4OS2. The third kappa shape index (κ3) is 2.04. The van der Waals surface area contributed by atoms with Gasteiger partial charge >= 0.3 is 0 Å². The molecule has 0 aliphatic carbocycles. The van der Waals surface area contributed by atoms with Crippen molar-refractivity contribution in [2.75, 3.05) is 0 Å². The van der Waals surface area contributed by atoms with Crippen LogP contribution in [0, 0.1) is 0 Å². The molecule has 1 aliphatic rings. The van der Waals surface area contributed by atoms with Crippen LogP contribution in [0.1, 0.15) is 24.3 Å². The molecule has 0 unspecified atom stereocenters. The number of fused-ring (bicyclic) bond motifs is 5. The van der Waals surface area contributed by atoms with Gasteiger partial charge in [-0.25, -0.2) is 14.5 Å². The van der Waals surface area contributed by atoms with Gasteiger partial charge in [0.25, 0.3) is 0 Å². The Kier molecular flexibility index (Phi) is 2.72. The number of aromatic nitrogens is 4. The van der Waals surface area contributed by atoms with E-state index >= 15 is 0 Å². The lowest BCUT2D eigenvalue weighted by Gasteiger charge is -2.30. The van der Waals surface area contributed by atoms with Crippen LogP contribution < -0.4 is 0 Å². The average molecular weight is 342 g/mol. The fourth-order valence-corrected chi connectivity index (χ4v) is 4.77. The predicted octanol–water partition coefficient (Wildman–Crippen LogP) is 3.92. The molecule has 23 heavy (non-hydrogen) atoms. The molecular weight excluding hydrogens is 328 g/mol. The third-order valence-corrected chi connectivity index (χ3v) is 6.13. The summed E-state index contributed by atoms with van der Waals surface area (Å²) >= 11 is 3.36. The molecule has 4 aromatic rings. The zero-order valence-electron chi connectivity index (χ0n) is 12.7. The van der Waals surface area contributed by atoms with E-state index < -0.39 is 0 Å². The lowest BCUT2D eigenvalue weighted by Crippen LogP contribution is -2.31. The predicted molar refractivity (Wildman–Crippen MR) is 92.1 cm³/mol. The number of nitrogens with zero attached hydrogens (tertiary/aromatic N) is 4. The minimum absolute atomic E-state index is 0.148. The van der Waals surface area contributed by atoms with Crippen molar-refractivity contribution < 1.29 is 4.74 Å². The maximum Gasteiger partial charge on any atom is 0.192 e. The van der Waals surface area contributed by atoms with Crippen LogP contribution in [0.3, 0.4) is 0 Å². The molecule has 0 saturated heterocycles. The monoisotopic (exact) mass is 342 g/mol. The van der Waals surface area contributed by atoms with Crippen molar-refractivity contribution >= 4 is 38.5 Å². The smallest absolute Gasteiger partial charge is 0.192 e. The maximum atomic E-state index is 5.94. The largest absolute Gasteiger partial charge is 0.370 e. The van der Waals surface area contributed by atoms with Crippen molar-refractivity contribution in [3.63, 3.8) is 0 Å². The first-order chi connectivity index (χ1) is 11.1. The van der Waals surface area contributed by atoms with E-state index in [1.54, 1.807) is 33.5 Å². The normalized spacial score (nSPS) is 17.0. The van der Waals surface area contributed by atoms with Crippen molar-refractivity contribution in [2.45, 2.75) is 32.5 Å². The van der Waals surface area contributed by atoms with Crippen molar-refractivity contribution in [1.29, 1.82) is 0 Å². The fraction of sp³-hybridized carbons (Fsp3) is 0.312. The Bertz CT molecular complexity index is 1030. The first kappa shape index (κ1) is 13.6. The summed E-state index contributed by atoms with van der Waals surface area (Å²) in [6, 6.07) is 4.07. The second-order valence-corrected chi connectivity index (χ2v) is 8.37. The molecule has 5 nitrogen and oxygen atoms in total. The molecule has 0 spiro atoms. The zero-order valence-corrected chi connectivity index (χ0v) is 14.4. The average Bonchev–Trinajstić information content (AvgIpc) is 3.22. The number of rotatable bonds is 1. The van der Waals surface area contributed by atoms with E-state index in [2.05, 4.69) is 23.9 Å². The second kappa shape index (κ2) is 4.59. The van der Waals surface area contributed by atoms with Crippen LogP contribution in [-0.4, -0.2) is 25.2 Å². The highest BCUT2D eigenvalue weighted by atomic mass is 32.1. The highest BCUT2D eigenvalue weighted by Crippen LogP contribution is 2.39. The second-order valence-electron chi connectivity index (χ2n) is 6.33. The van der Waals surface area contributed by atoms with E-state index in [4.69, 9.17) is 9.72 Å². The van der Waals surface area contributed by atoms with E-state index in [-0.39, 0.29) is 5.60 Å². The number of ether oxygens (including phenoxy) is 1. The van der Waals surface area contributed by atoms with Gasteiger partial charge in [-0.1, -0.05) is 6.07 Å². The molecule has 0 radical (unpaired) electrons. The van der Waals surface area contributed by atoms with Crippen molar-refractivity contribution in [3.05, 3.63) is 34.3 Å². The van der Waals surface area contributed by atoms with Gasteiger partial charge in [-0.15, -0.1) is 27.8 Å². The fourth-order valence-electron chi connectivity index (χ4n) is 3.05. The maximum absolute atomic E-state index is 5.94. The van der Waals surface area contributed by atoms with Crippen LogP contribution in [0.5, 0.6) is 0 Å². The Labute approximate surface area is 140 Å². The Morgan fingerprint density at radius 2 is 2.26 bits per heavy atom. The summed E-state index contributed by atoms with van der Waals surface area (Å²) < 4.78 is 7.74. The summed E-state index contributed by atoms with van der Waals surface area (Å²) in [5, 5.41) is 7.78. The Morgan fingerprint density at radius 1 is 1.35 bits per heavy atom. The summed E-state index contributed by atoms with van der Waals surface area (Å²) in [6.07, 6.45) is 2.64. The standard InChI is InChI=1S/C16H14N4OS2/c1-16(2)6-9-11(7-21-16)23-15-12(9)14-18-13(10-4-3-5-22-10)19-20(14)8-17-15/h3-5,8H,6-7H2,1-2H3. The van der Waals surface area contributed by atoms with Gasteiger partial charge in [-0.3, -0.25) is 0 Å². The molecule has 0 N–H and O–H groups in total. The van der Waals surface area contributed by atoms with Gasteiger partial charge < -0.3 is 4.74 Å². The van der Waals surface area contributed by atoms with Crippen LogP contribution in [0.2, 0.25) is 0 Å². The van der Waals surface area contributed by atoms with Crippen molar-refractivity contribution in [3.8, 4) is 10.7 Å². The van der Waals surface area contributed by atoms with Gasteiger partial charge in [-0.2, -0.15) is 0 Å². The Hall–Kier alpha value is -1.83. The first-order valence-electron chi connectivity index (χ1n) is 7.44. The first-order valence-corrected chi connectivity index (χ1v) is 9.14. The molecule has 0 aromatic carbocycles. The summed E-state index contributed by atoms with van der Waals surface area (Å²) in [5.74, 6) is 0.764. The number of hydrogen-bond acceptors (Lipinski definition) is 6. The van der Waals surface area contributed by atoms with Gasteiger partial charge in [0.1, 0.15) is 11.2 Å². The topological polar surface area (TPSA) is 52.3 Å².